The van der Waals surface area contributed by atoms with Crippen LogP contribution in [0.4, 0.5) is 11.4 Å². The number of morpholine rings is 1. The third kappa shape index (κ3) is 2.78. The minimum atomic E-state index is -0.356. The van der Waals surface area contributed by atoms with Gasteiger partial charge in [-0.1, -0.05) is 12.1 Å². The number of fused-ring (bicyclic) bond motifs is 1. The Morgan fingerprint density at radius 1 is 0.824 bits per heavy atom. The van der Waals surface area contributed by atoms with Crippen LogP contribution in [0.25, 0.3) is 21.8 Å². The van der Waals surface area contributed by atoms with E-state index in [0.717, 1.165) is 35.2 Å². The second-order valence-electron chi connectivity index (χ2n) is 8.97. The molecule has 4 aromatic rings. The summed E-state index contributed by atoms with van der Waals surface area (Å²) in [6.45, 7) is 4.63. The first-order valence-corrected chi connectivity index (χ1v) is 11.3. The van der Waals surface area contributed by atoms with Gasteiger partial charge in [0.05, 0.1) is 35.5 Å². The number of amides is 2. The Bertz CT molecular complexity index is 1590. The lowest BCUT2D eigenvalue weighted by Crippen LogP contribution is -2.41. The average Bonchev–Trinajstić information content (AvgIpc) is 3.06. The Morgan fingerprint density at radius 3 is 2.24 bits per heavy atom. The highest BCUT2D eigenvalue weighted by Crippen LogP contribution is 2.37. The number of hydrogen-bond donors (Lipinski definition) is 0. The van der Waals surface area contributed by atoms with Gasteiger partial charge in [0.2, 0.25) is 0 Å². The molecule has 2 amide bonds. The van der Waals surface area contributed by atoms with E-state index in [1.54, 1.807) is 30.8 Å². The Morgan fingerprint density at radius 2 is 1.50 bits per heavy atom. The van der Waals surface area contributed by atoms with Crippen LogP contribution in [0.15, 0.2) is 47.3 Å². The molecule has 2 aliphatic heterocycles. The standard InChI is InChI=1S/C26H24N4O4/c1-15-11-21-22(28(3)26(33)27(21)2)14-20(15)30-24(31)18-6-4-5-16-12-17(29-7-9-34-10-8-29)13-19(23(16)18)25(30)32/h4-6,11-14H,7-10H2,1-3H3. The molecule has 0 N–H and O–H groups in total. The van der Waals surface area contributed by atoms with E-state index in [1.807, 2.05) is 37.3 Å². The average molecular weight is 457 g/mol. The Kier molecular flexibility index (Phi) is 4.44. The maximum atomic E-state index is 13.9. The van der Waals surface area contributed by atoms with Crippen molar-refractivity contribution in [2.45, 2.75) is 6.92 Å². The molecule has 6 rings (SSSR count). The molecule has 172 valence electrons. The van der Waals surface area contributed by atoms with Crippen molar-refractivity contribution in [2.75, 3.05) is 36.1 Å². The molecule has 34 heavy (non-hydrogen) atoms. The molecule has 8 heteroatoms. The number of aromatic nitrogens is 2. The lowest BCUT2D eigenvalue weighted by Gasteiger charge is -2.32. The van der Waals surface area contributed by atoms with Crippen molar-refractivity contribution in [1.82, 2.24) is 9.13 Å². The molecule has 0 atom stereocenters. The van der Waals surface area contributed by atoms with E-state index in [4.69, 9.17) is 4.74 Å². The zero-order valence-electron chi connectivity index (χ0n) is 19.3. The molecule has 0 radical (unpaired) electrons. The Balaban J connectivity index is 1.56. The second-order valence-corrected chi connectivity index (χ2v) is 8.97. The molecule has 0 spiro atoms. The largest absolute Gasteiger partial charge is 0.378 e. The van der Waals surface area contributed by atoms with Crippen LogP contribution in [0.2, 0.25) is 0 Å². The van der Waals surface area contributed by atoms with Crippen molar-refractivity contribution in [3.63, 3.8) is 0 Å². The topological polar surface area (TPSA) is 76.8 Å². The molecular weight excluding hydrogens is 432 g/mol. The van der Waals surface area contributed by atoms with Gasteiger partial charge in [-0.05, 0) is 48.2 Å². The smallest absolute Gasteiger partial charge is 0.328 e. The van der Waals surface area contributed by atoms with Gasteiger partial charge in [0.15, 0.2) is 0 Å². The highest BCUT2D eigenvalue weighted by atomic mass is 16.5. The van der Waals surface area contributed by atoms with Crippen LogP contribution in [-0.4, -0.2) is 47.3 Å². The molecule has 0 saturated carbocycles. The fourth-order valence-corrected chi connectivity index (χ4v) is 5.19. The number of hydrogen-bond acceptors (Lipinski definition) is 5. The third-order valence-corrected chi connectivity index (χ3v) is 7.04. The van der Waals surface area contributed by atoms with Gasteiger partial charge in [0.25, 0.3) is 11.8 Å². The van der Waals surface area contributed by atoms with Crippen LogP contribution in [0.1, 0.15) is 26.3 Å². The van der Waals surface area contributed by atoms with Crippen molar-refractivity contribution < 1.29 is 14.3 Å². The van der Waals surface area contributed by atoms with E-state index in [0.29, 0.717) is 40.9 Å². The number of rotatable bonds is 2. The zero-order chi connectivity index (χ0) is 23.7. The van der Waals surface area contributed by atoms with E-state index in [2.05, 4.69) is 4.90 Å². The predicted molar refractivity (Wildman–Crippen MR) is 131 cm³/mol. The monoisotopic (exact) mass is 456 g/mol. The summed E-state index contributed by atoms with van der Waals surface area (Å²) in [5.41, 5.74) is 4.45. The number of ether oxygens (including phenoxy) is 1. The number of nitrogens with zero attached hydrogens (tertiary/aromatic N) is 4. The Labute approximate surface area is 195 Å². The minimum absolute atomic E-state index is 0.159. The van der Waals surface area contributed by atoms with Crippen molar-refractivity contribution in [2.24, 2.45) is 14.1 Å². The van der Waals surface area contributed by atoms with Gasteiger partial charge < -0.3 is 9.64 Å². The van der Waals surface area contributed by atoms with Gasteiger partial charge in [0, 0.05) is 43.8 Å². The lowest BCUT2D eigenvalue weighted by atomic mass is 9.92. The van der Waals surface area contributed by atoms with E-state index in [-0.39, 0.29) is 17.5 Å². The summed E-state index contributed by atoms with van der Waals surface area (Å²) in [6.07, 6.45) is 0. The number of benzene rings is 3. The van der Waals surface area contributed by atoms with Crippen LogP contribution in [0.3, 0.4) is 0 Å². The Hall–Kier alpha value is -3.91. The highest BCUT2D eigenvalue weighted by Gasteiger charge is 2.36. The van der Waals surface area contributed by atoms with Gasteiger partial charge in [-0.15, -0.1) is 0 Å². The van der Waals surface area contributed by atoms with Crippen LogP contribution < -0.4 is 15.5 Å². The summed E-state index contributed by atoms with van der Waals surface area (Å²) in [5, 5.41) is 1.56. The van der Waals surface area contributed by atoms with E-state index in [9.17, 15) is 14.4 Å². The van der Waals surface area contributed by atoms with Gasteiger partial charge in [-0.3, -0.25) is 18.7 Å². The van der Waals surface area contributed by atoms with Gasteiger partial charge in [-0.25, -0.2) is 9.69 Å². The van der Waals surface area contributed by atoms with Crippen molar-refractivity contribution in [3.8, 4) is 0 Å². The van der Waals surface area contributed by atoms with Crippen LogP contribution in [0, 0.1) is 6.92 Å². The number of anilines is 2. The van der Waals surface area contributed by atoms with Gasteiger partial charge in [-0.2, -0.15) is 0 Å². The fourth-order valence-electron chi connectivity index (χ4n) is 5.19. The van der Waals surface area contributed by atoms with E-state index < -0.39 is 0 Å². The van der Waals surface area contributed by atoms with Crippen LogP contribution in [-0.2, 0) is 18.8 Å². The summed E-state index contributed by atoms with van der Waals surface area (Å²) in [5.74, 6) is -0.710. The molecule has 1 fully saturated rings. The van der Waals surface area contributed by atoms with Crippen molar-refractivity contribution >= 4 is 45.0 Å². The maximum Gasteiger partial charge on any atom is 0.328 e. The summed E-state index contributed by atoms with van der Waals surface area (Å²) in [6, 6.07) is 13.1. The van der Waals surface area contributed by atoms with E-state index >= 15 is 0 Å². The third-order valence-electron chi connectivity index (χ3n) is 7.04. The molecule has 3 heterocycles. The number of carbonyl (C=O) groups is 2. The van der Waals surface area contributed by atoms with Gasteiger partial charge in [0.1, 0.15) is 0 Å². The molecule has 0 unspecified atom stereocenters. The van der Waals surface area contributed by atoms with Crippen molar-refractivity contribution in [1.29, 1.82) is 0 Å². The fraction of sp³-hybridized carbons (Fsp3) is 0.269. The SMILES string of the molecule is Cc1cc2c(cc1N1C(=O)c3cccc4cc(N5CCOCC5)cc(c34)C1=O)n(C)c(=O)n2C. The number of imidazole rings is 1. The van der Waals surface area contributed by atoms with Gasteiger partial charge >= 0.3 is 5.69 Å². The first-order chi connectivity index (χ1) is 16.4. The summed E-state index contributed by atoms with van der Waals surface area (Å²) >= 11 is 0. The molecule has 8 nitrogen and oxygen atoms in total. The van der Waals surface area contributed by atoms with Crippen LogP contribution in [0.5, 0.6) is 0 Å². The van der Waals surface area contributed by atoms with Crippen LogP contribution >= 0.6 is 0 Å². The van der Waals surface area contributed by atoms with Crippen molar-refractivity contribution in [3.05, 3.63) is 69.6 Å². The first-order valence-electron chi connectivity index (χ1n) is 11.3. The molecule has 1 aromatic heterocycles. The minimum Gasteiger partial charge on any atom is -0.378 e. The quantitative estimate of drug-likeness (QED) is 0.434. The molecule has 0 bridgehead atoms. The zero-order valence-corrected chi connectivity index (χ0v) is 19.3. The van der Waals surface area contributed by atoms with E-state index in [1.165, 1.54) is 9.47 Å². The second kappa shape index (κ2) is 7.30. The maximum absolute atomic E-state index is 13.9. The summed E-state index contributed by atoms with van der Waals surface area (Å²) in [4.78, 5) is 43.5. The molecule has 1 saturated heterocycles. The summed E-state index contributed by atoms with van der Waals surface area (Å²) < 4.78 is 8.58. The molecule has 0 aliphatic carbocycles. The number of aryl methyl sites for hydroxylation is 3. The molecular formula is C26H24N4O4. The molecule has 3 aromatic carbocycles. The normalized spacial score (nSPS) is 16.2. The first kappa shape index (κ1) is 20.7. The summed E-state index contributed by atoms with van der Waals surface area (Å²) in [7, 11) is 3.40. The lowest BCUT2D eigenvalue weighted by molar-refractivity contribution is 0.0893. The molecule has 2 aliphatic rings. The number of carbonyl (C=O) groups excluding carboxylic acids is 2. The predicted octanol–water partition coefficient (Wildman–Crippen LogP) is 2.98. The number of imide groups is 1. The highest BCUT2D eigenvalue weighted by molar-refractivity contribution is 6.36.